The Morgan fingerprint density at radius 1 is 1.56 bits per heavy atom. The van der Waals surface area contributed by atoms with Gasteiger partial charge in [-0.15, -0.1) is 0 Å². The van der Waals surface area contributed by atoms with Crippen LogP contribution in [0.2, 0.25) is 0 Å². The highest BCUT2D eigenvalue weighted by atomic mass is 16.2. The van der Waals surface area contributed by atoms with Crippen LogP contribution in [-0.2, 0) is 4.79 Å². The number of aromatic nitrogens is 2. The van der Waals surface area contributed by atoms with E-state index in [0.29, 0.717) is 6.54 Å². The van der Waals surface area contributed by atoms with Crippen molar-refractivity contribution < 1.29 is 4.79 Å². The first-order chi connectivity index (χ1) is 8.72. The molecular weight excluding hydrogens is 230 g/mol. The molecule has 2 rings (SSSR count). The molecule has 1 aliphatic heterocycles. The Hall–Kier alpha value is -1.85. The lowest BCUT2D eigenvalue weighted by Gasteiger charge is -2.33. The summed E-state index contributed by atoms with van der Waals surface area (Å²) in [4.78, 5) is 22.0. The maximum absolute atomic E-state index is 11.6. The predicted octanol–water partition coefficient (Wildman–Crippen LogP) is 0.623. The molecule has 1 unspecified atom stereocenters. The molecule has 6 heteroatoms. The van der Waals surface area contributed by atoms with Crippen molar-refractivity contribution in [3.8, 4) is 0 Å². The molecule has 1 atom stereocenters. The van der Waals surface area contributed by atoms with Crippen molar-refractivity contribution in [1.82, 2.24) is 15.3 Å². The molecule has 0 spiro atoms. The topological polar surface area (TPSA) is 70.2 Å². The Labute approximate surface area is 107 Å². The van der Waals surface area contributed by atoms with Crippen molar-refractivity contribution in [2.24, 2.45) is 0 Å². The van der Waals surface area contributed by atoms with Crippen molar-refractivity contribution in [2.45, 2.75) is 26.3 Å². The van der Waals surface area contributed by atoms with Gasteiger partial charge in [0.05, 0.1) is 0 Å². The van der Waals surface area contributed by atoms with E-state index in [0.717, 1.165) is 31.1 Å². The molecule has 18 heavy (non-hydrogen) atoms. The third-order valence-corrected chi connectivity index (χ3v) is 3.00. The zero-order valence-corrected chi connectivity index (χ0v) is 10.8. The third-order valence-electron chi connectivity index (χ3n) is 3.00. The summed E-state index contributed by atoms with van der Waals surface area (Å²) in [5.74, 6) is 1.65. The van der Waals surface area contributed by atoms with Gasteiger partial charge in [-0.2, -0.15) is 0 Å². The van der Waals surface area contributed by atoms with Crippen LogP contribution < -0.4 is 15.5 Å². The van der Waals surface area contributed by atoms with Crippen molar-refractivity contribution in [1.29, 1.82) is 0 Å². The van der Waals surface area contributed by atoms with Crippen molar-refractivity contribution in [3.63, 3.8) is 0 Å². The number of hydrogen-bond acceptors (Lipinski definition) is 5. The molecule has 6 nitrogen and oxygen atoms in total. The highest BCUT2D eigenvalue weighted by Crippen LogP contribution is 2.18. The van der Waals surface area contributed by atoms with Gasteiger partial charge in [0.1, 0.15) is 24.0 Å². The number of carbonyl (C=O) groups excluding carboxylic acids is 1. The molecule has 0 bridgehead atoms. The van der Waals surface area contributed by atoms with Gasteiger partial charge in [0, 0.05) is 25.7 Å². The second-order valence-electron chi connectivity index (χ2n) is 4.35. The molecule has 2 N–H and O–H groups in total. The molecule has 1 aromatic heterocycles. The summed E-state index contributed by atoms with van der Waals surface area (Å²) < 4.78 is 0. The Kier molecular flexibility index (Phi) is 3.96. The summed E-state index contributed by atoms with van der Waals surface area (Å²) in [5.41, 5.74) is 0. The molecule has 0 radical (unpaired) electrons. The lowest BCUT2D eigenvalue weighted by molar-refractivity contribution is -0.122. The fourth-order valence-electron chi connectivity index (χ4n) is 1.95. The maximum Gasteiger partial charge on any atom is 0.242 e. The highest BCUT2D eigenvalue weighted by molar-refractivity contribution is 5.85. The largest absolute Gasteiger partial charge is 0.370 e. The van der Waals surface area contributed by atoms with Gasteiger partial charge in [0.15, 0.2) is 0 Å². The van der Waals surface area contributed by atoms with Crippen LogP contribution in [0.3, 0.4) is 0 Å². The van der Waals surface area contributed by atoms with E-state index in [1.807, 2.05) is 17.9 Å². The lowest BCUT2D eigenvalue weighted by atomic mass is 10.2. The molecule has 1 saturated heterocycles. The van der Waals surface area contributed by atoms with E-state index in [4.69, 9.17) is 0 Å². The van der Waals surface area contributed by atoms with Crippen LogP contribution in [0.1, 0.15) is 20.3 Å². The lowest BCUT2D eigenvalue weighted by Crippen LogP contribution is -2.54. The smallest absolute Gasteiger partial charge is 0.242 e. The van der Waals surface area contributed by atoms with Gasteiger partial charge in [0.2, 0.25) is 5.91 Å². The molecule has 1 amide bonds. The molecule has 98 valence electrons. The second kappa shape index (κ2) is 5.66. The Morgan fingerprint density at radius 2 is 2.39 bits per heavy atom. The first-order valence-corrected chi connectivity index (χ1v) is 6.32. The van der Waals surface area contributed by atoms with Gasteiger partial charge in [0.25, 0.3) is 0 Å². The zero-order valence-electron chi connectivity index (χ0n) is 10.8. The number of hydrogen-bond donors (Lipinski definition) is 2. The molecule has 1 aliphatic rings. The van der Waals surface area contributed by atoms with E-state index < -0.39 is 0 Å². The van der Waals surface area contributed by atoms with Gasteiger partial charge in [-0.1, -0.05) is 6.92 Å². The SMILES string of the molecule is CCCNc1cc(N2CCNC(=O)C2C)ncn1. The van der Waals surface area contributed by atoms with Gasteiger partial charge < -0.3 is 15.5 Å². The number of nitrogens with zero attached hydrogens (tertiary/aromatic N) is 3. The molecule has 0 aliphatic carbocycles. The summed E-state index contributed by atoms with van der Waals surface area (Å²) >= 11 is 0. The van der Waals surface area contributed by atoms with Crippen LogP contribution in [0.25, 0.3) is 0 Å². The molecule has 0 saturated carbocycles. The quantitative estimate of drug-likeness (QED) is 0.818. The molecule has 0 aromatic carbocycles. The summed E-state index contributed by atoms with van der Waals surface area (Å²) in [6, 6.07) is 1.71. The summed E-state index contributed by atoms with van der Waals surface area (Å²) in [5, 5.41) is 6.06. The standard InChI is InChI=1S/C12H19N5O/c1-3-4-13-10-7-11(16-8-15-10)17-6-5-14-12(18)9(17)2/h7-9H,3-6H2,1-2H3,(H,14,18)(H,13,15,16). The van der Waals surface area contributed by atoms with Crippen molar-refractivity contribution in [3.05, 3.63) is 12.4 Å². The van der Waals surface area contributed by atoms with E-state index in [1.54, 1.807) is 0 Å². The predicted molar refractivity (Wildman–Crippen MR) is 70.6 cm³/mol. The van der Waals surface area contributed by atoms with Crippen LogP contribution in [-0.4, -0.2) is 41.6 Å². The Balaban J connectivity index is 2.14. The molecular formula is C12H19N5O. The minimum absolute atomic E-state index is 0.0444. The molecule has 1 aromatic rings. The minimum atomic E-state index is -0.187. The number of nitrogens with one attached hydrogen (secondary N) is 2. The number of anilines is 2. The Bertz CT molecular complexity index is 423. The van der Waals surface area contributed by atoms with Crippen LogP contribution in [0.4, 0.5) is 11.6 Å². The number of rotatable bonds is 4. The van der Waals surface area contributed by atoms with Crippen molar-refractivity contribution >= 4 is 17.5 Å². The normalized spacial score (nSPS) is 19.6. The fraction of sp³-hybridized carbons (Fsp3) is 0.583. The van der Waals surface area contributed by atoms with Gasteiger partial charge >= 0.3 is 0 Å². The monoisotopic (exact) mass is 249 g/mol. The number of carbonyl (C=O) groups is 1. The van der Waals surface area contributed by atoms with E-state index in [1.165, 1.54) is 6.33 Å². The average molecular weight is 249 g/mol. The first-order valence-electron chi connectivity index (χ1n) is 6.32. The summed E-state index contributed by atoms with van der Waals surface area (Å²) in [6.45, 7) is 6.30. The third kappa shape index (κ3) is 2.69. The molecule has 2 heterocycles. The second-order valence-corrected chi connectivity index (χ2v) is 4.35. The van der Waals surface area contributed by atoms with Crippen LogP contribution in [0.15, 0.2) is 12.4 Å². The van der Waals surface area contributed by atoms with Gasteiger partial charge in [-0.3, -0.25) is 4.79 Å². The minimum Gasteiger partial charge on any atom is -0.370 e. The van der Waals surface area contributed by atoms with E-state index in [2.05, 4.69) is 27.5 Å². The van der Waals surface area contributed by atoms with Crippen molar-refractivity contribution in [2.75, 3.05) is 29.9 Å². The zero-order chi connectivity index (χ0) is 13.0. The van der Waals surface area contributed by atoms with E-state index in [9.17, 15) is 4.79 Å². The van der Waals surface area contributed by atoms with Crippen LogP contribution in [0.5, 0.6) is 0 Å². The van der Waals surface area contributed by atoms with Crippen LogP contribution in [0, 0.1) is 0 Å². The van der Waals surface area contributed by atoms with Crippen LogP contribution >= 0.6 is 0 Å². The maximum atomic E-state index is 11.6. The Morgan fingerprint density at radius 3 is 3.17 bits per heavy atom. The summed E-state index contributed by atoms with van der Waals surface area (Å²) in [7, 11) is 0. The number of amides is 1. The first kappa shape index (κ1) is 12.6. The fourth-order valence-corrected chi connectivity index (χ4v) is 1.95. The summed E-state index contributed by atoms with van der Waals surface area (Å²) in [6.07, 6.45) is 2.58. The van der Waals surface area contributed by atoms with E-state index in [-0.39, 0.29) is 11.9 Å². The van der Waals surface area contributed by atoms with Gasteiger partial charge in [-0.25, -0.2) is 9.97 Å². The highest BCUT2D eigenvalue weighted by Gasteiger charge is 2.26. The van der Waals surface area contributed by atoms with Gasteiger partial charge in [-0.05, 0) is 13.3 Å². The molecule has 1 fully saturated rings. The number of piperazine rings is 1. The van der Waals surface area contributed by atoms with E-state index >= 15 is 0 Å². The average Bonchev–Trinajstić information content (AvgIpc) is 2.40.